The summed E-state index contributed by atoms with van der Waals surface area (Å²) in [6.45, 7) is 4.67. The molecule has 1 fully saturated rings. The van der Waals surface area contributed by atoms with Gasteiger partial charge in [0.25, 0.3) is 0 Å². The van der Waals surface area contributed by atoms with E-state index in [1.807, 2.05) is 13.8 Å². The summed E-state index contributed by atoms with van der Waals surface area (Å²) in [7, 11) is 0. The number of hydrogen-bond acceptors (Lipinski definition) is 8. The monoisotopic (exact) mass is 441 g/mol. The molecule has 1 aromatic carbocycles. The van der Waals surface area contributed by atoms with Gasteiger partial charge >= 0.3 is 0 Å². The highest BCUT2D eigenvalue weighted by atomic mass is 32.2. The number of ether oxygens (including phenoxy) is 3. The average molecular weight is 442 g/mol. The van der Waals surface area contributed by atoms with Crippen LogP contribution in [0.3, 0.4) is 0 Å². The summed E-state index contributed by atoms with van der Waals surface area (Å²) >= 11 is 2.35. The van der Waals surface area contributed by atoms with Crippen molar-refractivity contribution in [2.45, 2.75) is 37.5 Å². The number of halogens is 2. The second-order valence-corrected chi connectivity index (χ2v) is 9.05. The second kappa shape index (κ2) is 8.10. The first-order chi connectivity index (χ1) is 13.8. The Balaban J connectivity index is 1.49. The minimum Gasteiger partial charge on any atom is -0.481 e. The third-order valence-corrected chi connectivity index (χ3v) is 6.32. The van der Waals surface area contributed by atoms with Crippen molar-refractivity contribution in [3.05, 3.63) is 52.8 Å². The normalized spacial score (nSPS) is 23.4. The molecule has 2 atom stereocenters. The first-order valence-electron chi connectivity index (χ1n) is 9.09. The lowest BCUT2D eigenvalue weighted by Crippen LogP contribution is -2.22. The predicted molar refractivity (Wildman–Crippen MR) is 109 cm³/mol. The maximum absolute atomic E-state index is 14.4. The van der Waals surface area contributed by atoms with E-state index in [9.17, 15) is 8.78 Å². The summed E-state index contributed by atoms with van der Waals surface area (Å²) in [5, 5.41) is 0.326. The number of rotatable bonds is 6. The van der Waals surface area contributed by atoms with Crippen molar-refractivity contribution in [2.24, 2.45) is 5.73 Å². The fraction of sp³-hybridized carbons (Fsp3) is 0.421. The van der Waals surface area contributed by atoms with Crippen LogP contribution in [0.15, 0.2) is 35.6 Å². The number of anilines is 1. The largest absolute Gasteiger partial charge is 0.481 e. The molecule has 1 aromatic heterocycles. The smallest absolute Gasteiger partial charge is 0.217 e. The highest BCUT2D eigenvalue weighted by molar-refractivity contribution is 8.03. The van der Waals surface area contributed by atoms with Gasteiger partial charge in [-0.05, 0) is 26.0 Å². The van der Waals surface area contributed by atoms with Crippen molar-refractivity contribution in [3.8, 4) is 5.06 Å². The molecule has 2 aliphatic heterocycles. The molecule has 29 heavy (non-hydrogen) atoms. The molecule has 0 amide bonds. The Morgan fingerprint density at radius 2 is 2.10 bits per heavy atom. The zero-order valence-electron chi connectivity index (χ0n) is 15.9. The standard InChI is InChI=1S/C19H21F2N3O3S2/c1-19(2)26-10-11(27-19)6-7-25-18-14(8-23-29-18)24-9-15(22)28-17(24)16-12(20)4-3-5-13(16)21/h3-5,8-9,11,17H,6-7,10,22H2,1-2H3. The van der Waals surface area contributed by atoms with E-state index in [0.29, 0.717) is 35.4 Å². The molecular weight excluding hydrogens is 420 g/mol. The molecule has 2 unspecified atom stereocenters. The van der Waals surface area contributed by atoms with Gasteiger partial charge in [0.05, 0.1) is 36.1 Å². The summed E-state index contributed by atoms with van der Waals surface area (Å²) in [6.07, 6.45) is 3.87. The number of thioether (sulfide) groups is 1. The molecule has 10 heteroatoms. The van der Waals surface area contributed by atoms with Gasteiger partial charge in [-0.1, -0.05) is 17.8 Å². The van der Waals surface area contributed by atoms with Gasteiger partial charge in [-0.15, -0.1) is 0 Å². The minimum absolute atomic E-state index is 0.0421. The Morgan fingerprint density at radius 1 is 1.34 bits per heavy atom. The molecule has 2 aromatic rings. The van der Waals surface area contributed by atoms with Gasteiger partial charge in [-0.3, -0.25) is 0 Å². The van der Waals surface area contributed by atoms with Crippen LogP contribution in [0.2, 0.25) is 0 Å². The van der Waals surface area contributed by atoms with Gasteiger partial charge in [0.15, 0.2) is 5.79 Å². The van der Waals surface area contributed by atoms with Crippen molar-refractivity contribution in [2.75, 3.05) is 18.1 Å². The maximum Gasteiger partial charge on any atom is 0.217 e. The number of nitrogens with two attached hydrogens (primary N) is 1. The number of benzene rings is 1. The van der Waals surface area contributed by atoms with Gasteiger partial charge < -0.3 is 24.8 Å². The van der Waals surface area contributed by atoms with Crippen molar-refractivity contribution in [1.82, 2.24) is 4.37 Å². The van der Waals surface area contributed by atoms with Crippen LogP contribution < -0.4 is 15.4 Å². The summed E-state index contributed by atoms with van der Waals surface area (Å²) in [5.74, 6) is -1.82. The molecule has 0 spiro atoms. The van der Waals surface area contributed by atoms with Crippen LogP contribution in [-0.2, 0) is 9.47 Å². The molecule has 6 nitrogen and oxygen atoms in total. The topological polar surface area (TPSA) is 69.8 Å². The van der Waals surface area contributed by atoms with Gasteiger partial charge in [-0.25, -0.2) is 8.78 Å². The third-order valence-electron chi connectivity index (χ3n) is 4.55. The molecule has 0 bridgehead atoms. The summed E-state index contributed by atoms with van der Waals surface area (Å²) in [5.41, 5.74) is 6.53. The van der Waals surface area contributed by atoms with Gasteiger partial charge in [0.2, 0.25) is 5.06 Å². The van der Waals surface area contributed by atoms with E-state index >= 15 is 0 Å². The number of aromatic nitrogens is 1. The zero-order chi connectivity index (χ0) is 20.6. The summed E-state index contributed by atoms with van der Waals surface area (Å²) in [6, 6.07) is 3.81. The molecule has 0 radical (unpaired) electrons. The Kier molecular flexibility index (Phi) is 5.69. The van der Waals surface area contributed by atoms with Crippen LogP contribution in [0.4, 0.5) is 14.5 Å². The van der Waals surface area contributed by atoms with Crippen LogP contribution in [0, 0.1) is 11.6 Å². The van der Waals surface area contributed by atoms with E-state index in [2.05, 4.69) is 4.37 Å². The molecule has 156 valence electrons. The Hall–Kier alpha value is -1.88. The van der Waals surface area contributed by atoms with Gasteiger partial charge in [0, 0.05) is 24.2 Å². The molecule has 0 aliphatic carbocycles. The third kappa shape index (κ3) is 4.35. The van der Waals surface area contributed by atoms with Crippen LogP contribution in [-0.4, -0.2) is 29.5 Å². The van der Waals surface area contributed by atoms with Crippen LogP contribution in [0.25, 0.3) is 0 Å². The van der Waals surface area contributed by atoms with Crippen LogP contribution in [0.1, 0.15) is 31.2 Å². The lowest BCUT2D eigenvalue weighted by molar-refractivity contribution is -0.139. The van der Waals surface area contributed by atoms with Crippen molar-refractivity contribution < 1.29 is 23.0 Å². The van der Waals surface area contributed by atoms with E-state index in [0.717, 1.165) is 0 Å². The average Bonchev–Trinajstić information content (AvgIpc) is 3.34. The Bertz CT molecular complexity index is 902. The fourth-order valence-corrected chi connectivity index (χ4v) is 4.94. The van der Waals surface area contributed by atoms with Crippen molar-refractivity contribution >= 4 is 29.0 Å². The van der Waals surface area contributed by atoms with E-state index < -0.39 is 22.8 Å². The molecule has 4 rings (SSSR count). The van der Waals surface area contributed by atoms with Crippen molar-refractivity contribution in [3.63, 3.8) is 0 Å². The predicted octanol–water partition coefficient (Wildman–Crippen LogP) is 4.35. The van der Waals surface area contributed by atoms with E-state index in [4.69, 9.17) is 19.9 Å². The lowest BCUT2D eigenvalue weighted by atomic mass is 10.1. The van der Waals surface area contributed by atoms with E-state index in [1.165, 1.54) is 41.5 Å². The zero-order valence-corrected chi connectivity index (χ0v) is 17.6. The second-order valence-electron chi connectivity index (χ2n) is 7.13. The quantitative estimate of drug-likeness (QED) is 0.715. The molecule has 3 heterocycles. The molecular formula is C19H21F2N3O3S2. The first kappa shape index (κ1) is 20.4. The number of nitrogens with zero attached hydrogens (tertiary/aromatic N) is 2. The molecule has 2 N–H and O–H groups in total. The molecule has 1 saturated heterocycles. The van der Waals surface area contributed by atoms with Gasteiger partial charge in [-0.2, -0.15) is 4.37 Å². The maximum atomic E-state index is 14.4. The highest BCUT2D eigenvalue weighted by Gasteiger charge is 2.35. The van der Waals surface area contributed by atoms with Crippen LogP contribution >= 0.6 is 23.3 Å². The summed E-state index contributed by atoms with van der Waals surface area (Å²) < 4.78 is 50.2. The van der Waals surface area contributed by atoms with Gasteiger partial charge in [0.1, 0.15) is 22.7 Å². The number of hydrogen-bond donors (Lipinski definition) is 1. The fourth-order valence-electron chi connectivity index (χ4n) is 3.25. The molecule has 0 saturated carbocycles. The SMILES string of the molecule is CC1(C)OCC(CCOc2sncc2N2C=C(N)SC2c2c(F)cccc2F)O1. The highest BCUT2D eigenvalue weighted by Crippen LogP contribution is 2.49. The molecule has 2 aliphatic rings. The Labute approximate surface area is 175 Å². The van der Waals surface area contributed by atoms with E-state index in [1.54, 1.807) is 17.3 Å². The first-order valence-corrected chi connectivity index (χ1v) is 10.7. The lowest BCUT2D eigenvalue weighted by Gasteiger charge is -2.25. The van der Waals surface area contributed by atoms with E-state index in [-0.39, 0.29) is 11.7 Å². The summed E-state index contributed by atoms with van der Waals surface area (Å²) in [4.78, 5) is 1.69. The minimum atomic E-state index is -0.678. The van der Waals surface area contributed by atoms with Crippen molar-refractivity contribution in [1.29, 1.82) is 0 Å². The van der Waals surface area contributed by atoms with Crippen LogP contribution in [0.5, 0.6) is 5.06 Å². The Morgan fingerprint density at radius 3 is 2.79 bits per heavy atom.